The SMILES string of the molecule is CC(=O)N1N=C(c2ccccc2)CC1c1ccc2oc(=S)[nH]c2c1. The maximum atomic E-state index is 12.1. The van der Waals surface area contributed by atoms with Crippen molar-refractivity contribution in [2.45, 2.75) is 19.4 Å². The quantitative estimate of drug-likeness (QED) is 0.713. The van der Waals surface area contributed by atoms with E-state index in [-0.39, 0.29) is 11.9 Å². The van der Waals surface area contributed by atoms with Crippen molar-refractivity contribution in [1.82, 2.24) is 9.99 Å². The molecule has 0 fully saturated rings. The number of nitrogens with zero attached hydrogens (tertiary/aromatic N) is 2. The van der Waals surface area contributed by atoms with Gasteiger partial charge in [-0.2, -0.15) is 5.10 Å². The fourth-order valence-corrected chi connectivity index (χ4v) is 3.24. The molecule has 1 atom stereocenters. The predicted octanol–water partition coefficient (Wildman–Crippen LogP) is 4.19. The van der Waals surface area contributed by atoms with Gasteiger partial charge in [-0.1, -0.05) is 36.4 Å². The fourth-order valence-electron chi connectivity index (χ4n) is 3.04. The molecule has 2 aromatic carbocycles. The van der Waals surface area contributed by atoms with Gasteiger partial charge in [0.2, 0.25) is 5.91 Å². The number of oxazole rings is 1. The summed E-state index contributed by atoms with van der Waals surface area (Å²) >= 11 is 5.03. The molecule has 2 heterocycles. The summed E-state index contributed by atoms with van der Waals surface area (Å²) in [7, 11) is 0. The number of aromatic nitrogens is 1. The summed E-state index contributed by atoms with van der Waals surface area (Å²) < 4.78 is 5.40. The van der Waals surface area contributed by atoms with E-state index >= 15 is 0 Å². The van der Waals surface area contributed by atoms with E-state index in [0.717, 1.165) is 22.4 Å². The average molecular weight is 337 g/mol. The summed E-state index contributed by atoms with van der Waals surface area (Å²) in [6, 6.07) is 15.6. The van der Waals surface area contributed by atoms with E-state index in [1.54, 1.807) is 5.01 Å². The molecular formula is C18H15N3O2S. The maximum absolute atomic E-state index is 12.1. The molecule has 1 amide bonds. The normalized spacial score (nSPS) is 17.3. The van der Waals surface area contributed by atoms with Gasteiger partial charge in [-0.3, -0.25) is 4.79 Å². The summed E-state index contributed by atoms with van der Waals surface area (Å²) in [5.74, 6) is -0.0776. The molecule has 5 nitrogen and oxygen atoms in total. The van der Waals surface area contributed by atoms with Crippen LogP contribution in [0.2, 0.25) is 0 Å². The zero-order valence-electron chi connectivity index (χ0n) is 13.0. The van der Waals surface area contributed by atoms with Gasteiger partial charge < -0.3 is 9.40 Å². The van der Waals surface area contributed by atoms with Crippen LogP contribution in [0.3, 0.4) is 0 Å². The van der Waals surface area contributed by atoms with E-state index in [9.17, 15) is 4.79 Å². The molecule has 24 heavy (non-hydrogen) atoms. The first-order valence-electron chi connectivity index (χ1n) is 7.67. The van der Waals surface area contributed by atoms with E-state index in [0.29, 0.717) is 16.8 Å². The van der Waals surface area contributed by atoms with Crippen molar-refractivity contribution in [2.24, 2.45) is 5.10 Å². The second kappa shape index (κ2) is 5.72. The third kappa shape index (κ3) is 2.55. The lowest BCUT2D eigenvalue weighted by molar-refractivity contribution is -0.130. The van der Waals surface area contributed by atoms with Gasteiger partial charge in [-0.15, -0.1) is 0 Å². The molecule has 0 spiro atoms. The van der Waals surface area contributed by atoms with Crippen LogP contribution >= 0.6 is 12.2 Å². The van der Waals surface area contributed by atoms with Gasteiger partial charge in [0, 0.05) is 13.3 Å². The van der Waals surface area contributed by atoms with E-state index in [2.05, 4.69) is 10.1 Å². The van der Waals surface area contributed by atoms with E-state index in [1.807, 2.05) is 48.5 Å². The van der Waals surface area contributed by atoms with Crippen molar-refractivity contribution in [3.8, 4) is 0 Å². The standard InChI is InChI=1S/C18H15N3O2S/c1-11(22)21-16(10-14(20-21)12-5-3-2-4-6-12)13-7-8-17-15(9-13)19-18(24)23-17/h2-9,16H,10H2,1H3,(H,19,24). The molecule has 1 unspecified atom stereocenters. The smallest absolute Gasteiger partial charge is 0.266 e. The first-order chi connectivity index (χ1) is 11.6. The Labute approximate surface area is 143 Å². The number of amides is 1. The minimum Gasteiger partial charge on any atom is -0.429 e. The molecule has 3 aromatic rings. The van der Waals surface area contributed by atoms with E-state index in [4.69, 9.17) is 16.6 Å². The van der Waals surface area contributed by atoms with Crippen molar-refractivity contribution in [1.29, 1.82) is 0 Å². The highest BCUT2D eigenvalue weighted by Gasteiger charge is 2.31. The number of carbonyl (C=O) groups excluding carboxylic acids is 1. The molecule has 0 saturated carbocycles. The lowest BCUT2D eigenvalue weighted by Crippen LogP contribution is -2.24. The zero-order chi connectivity index (χ0) is 16.7. The number of carbonyl (C=O) groups is 1. The number of fused-ring (bicyclic) bond motifs is 1. The Morgan fingerprint density at radius 1 is 1.29 bits per heavy atom. The molecular weight excluding hydrogens is 322 g/mol. The Bertz CT molecular complexity index is 1000. The van der Waals surface area contributed by atoms with Crippen LogP contribution in [0.15, 0.2) is 58.0 Å². The highest BCUT2D eigenvalue weighted by atomic mass is 32.1. The van der Waals surface area contributed by atoms with Crippen LogP contribution in [0, 0.1) is 4.84 Å². The van der Waals surface area contributed by atoms with Crippen LogP contribution in [0.4, 0.5) is 0 Å². The number of H-pyrrole nitrogens is 1. The number of benzene rings is 2. The average Bonchev–Trinajstić information content (AvgIpc) is 3.17. The number of nitrogens with one attached hydrogen (secondary N) is 1. The molecule has 1 aromatic heterocycles. The van der Waals surface area contributed by atoms with Gasteiger partial charge in [0.25, 0.3) is 4.84 Å². The number of aromatic amines is 1. The number of hydrogen-bond acceptors (Lipinski definition) is 4. The number of rotatable bonds is 2. The Hall–Kier alpha value is -2.73. The van der Waals surface area contributed by atoms with Crippen molar-refractivity contribution < 1.29 is 9.21 Å². The van der Waals surface area contributed by atoms with Crippen LogP contribution in [0.5, 0.6) is 0 Å². The minimum atomic E-state index is -0.126. The summed E-state index contributed by atoms with van der Waals surface area (Å²) in [6.45, 7) is 1.54. The predicted molar refractivity (Wildman–Crippen MR) is 94.3 cm³/mol. The molecule has 0 saturated heterocycles. The molecule has 1 N–H and O–H groups in total. The topological polar surface area (TPSA) is 61.6 Å². The van der Waals surface area contributed by atoms with Crippen LogP contribution in [-0.2, 0) is 4.79 Å². The number of hydrazone groups is 1. The monoisotopic (exact) mass is 337 g/mol. The first-order valence-corrected chi connectivity index (χ1v) is 8.08. The van der Waals surface area contributed by atoms with Crippen molar-refractivity contribution in [2.75, 3.05) is 0 Å². The lowest BCUT2D eigenvalue weighted by Gasteiger charge is -2.20. The Morgan fingerprint density at radius 2 is 2.08 bits per heavy atom. The second-order valence-corrected chi connectivity index (χ2v) is 6.14. The van der Waals surface area contributed by atoms with Gasteiger partial charge in [-0.05, 0) is 35.5 Å². The first kappa shape index (κ1) is 14.8. The summed E-state index contributed by atoms with van der Waals surface area (Å²) in [5, 5.41) is 6.10. The summed E-state index contributed by atoms with van der Waals surface area (Å²) in [5.41, 5.74) is 4.49. The van der Waals surface area contributed by atoms with Crippen LogP contribution in [-0.4, -0.2) is 21.6 Å². The third-order valence-electron chi connectivity index (χ3n) is 4.17. The maximum Gasteiger partial charge on any atom is 0.266 e. The lowest BCUT2D eigenvalue weighted by atomic mass is 9.98. The highest BCUT2D eigenvalue weighted by molar-refractivity contribution is 7.71. The van der Waals surface area contributed by atoms with Crippen LogP contribution < -0.4 is 0 Å². The molecule has 0 aliphatic carbocycles. The van der Waals surface area contributed by atoms with Crippen molar-refractivity contribution >= 4 is 34.9 Å². The Balaban J connectivity index is 1.73. The highest BCUT2D eigenvalue weighted by Crippen LogP contribution is 2.34. The molecule has 120 valence electrons. The van der Waals surface area contributed by atoms with Crippen molar-refractivity contribution in [3.05, 3.63) is 64.5 Å². The summed E-state index contributed by atoms with van der Waals surface area (Å²) in [6.07, 6.45) is 0.674. The molecule has 1 aliphatic heterocycles. The Kier molecular flexibility index (Phi) is 3.54. The fraction of sp³-hybridized carbons (Fsp3) is 0.167. The van der Waals surface area contributed by atoms with Gasteiger partial charge in [0.1, 0.15) is 0 Å². The number of hydrogen-bond donors (Lipinski definition) is 1. The van der Waals surface area contributed by atoms with Gasteiger partial charge in [0.05, 0.1) is 17.3 Å². The van der Waals surface area contributed by atoms with Crippen LogP contribution in [0.1, 0.15) is 30.5 Å². The third-order valence-corrected chi connectivity index (χ3v) is 4.35. The van der Waals surface area contributed by atoms with E-state index in [1.165, 1.54) is 6.92 Å². The van der Waals surface area contributed by atoms with Crippen LogP contribution in [0.25, 0.3) is 11.1 Å². The minimum absolute atomic E-state index is 0.0776. The van der Waals surface area contributed by atoms with Crippen molar-refractivity contribution in [3.63, 3.8) is 0 Å². The molecule has 6 heteroatoms. The molecule has 0 radical (unpaired) electrons. The second-order valence-electron chi connectivity index (χ2n) is 5.77. The zero-order valence-corrected chi connectivity index (χ0v) is 13.8. The van der Waals surface area contributed by atoms with Gasteiger partial charge >= 0.3 is 0 Å². The van der Waals surface area contributed by atoms with Gasteiger partial charge in [-0.25, -0.2) is 5.01 Å². The van der Waals surface area contributed by atoms with E-state index < -0.39 is 0 Å². The Morgan fingerprint density at radius 3 is 2.83 bits per heavy atom. The summed E-state index contributed by atoms with van der Waals surface area (Å²) in [4.78, 5) is 15.4. The molecule has 1 aliphatic rings. The largest absolute Gasteiger partial charge is 0.429 e. The molecule has 4 rings (SSSR count). The molecule has 0 bridgehead atoms. The van der Waals surface area contributed by atoms with Gasteiger partial charge in [0.15, 0.2) is 5.58 Å².